The van der Waals surface area contributed by atoms with Crippen LogP contribution in [0.1, 0.15) is 36.5 Å². The third kappa shape index (κ3) is 4.17. The molecular weight excluding hydrogens is 384 g/mol. The average molecular weight is 410 g/mol. The van der Waals surface area contributed by atoms with E-state index in [4.69, 9.17) is 18.9 Å². The van der Waals surface area contributed by atoms with Crippen molar-refractivity contribution in [3.05, 3.63) is 64.7 Å². The van der Waals surface area contributed by atoms with Crippen molar-refractivity contribution in [2.75, 3.05) is 27.4 Å². The molecule has 1 aliphatic rings. The third-order valence-corrected chi connectivity index (χ3v) is 5.13. The fourth-order valence-corrected chi connectivity index (χ4v) is 3.78. The largest absolute Gasteiger partial charge is 0.497 e. The summed E-state index contributed by atoms with van der Waals surface area (Å²) in [5.41, 5.74) is 2.86. The van der Waals surface area contributed by atoms with Gasteiger partial charge in [0.05, 0.1) is 38.9 Å². The highest BCUT2D eigenvalue weighted by atomic mass is 16.5. The van der Waals surface area contributed by atoms with Gasteiger partial charge < -0.3 is 18.9 Å². The van der Waals surface area contributed by atoms with Crippen LogP contribution in [0, 0.1) is 5.92 Å². The second kappa shape index (κ2) is 9.48. The highest BCUT2D eigenvalue weighted by Crippen LogP contribution is 2.45. The van der Waals surface area contributed by atoms with Gasteiger partial charge in [-0.05, 0) is 60.9 Å². The first-order chi connectivity index (χ1) is 14.5. The summed E-state index contributed by atoms with van der Waals surface area (Å²) in [7, 11) is 3.19. The maximum atomic E-state index is 13.1. The molecule has 158 valence electrons. The Morgan fingerprint density at radius 1 is 0.867 bits per heavy atom. The van der Waals surface area contributed by atoms with E-state index in [2.05, 4.69) is 0 Å². The molecule has 0 saturated carbocycles. The molecule has 2 atom stereocenters. The van der Waals surface area contributed by atoms with Crippen molar-refractivity contribution < 1.29 is 28.5 Å². The first-order valence-electron chi connectivity index (χ1n) is 9.91. The highest BCUT2D eigenvalue weighted by Gasteiger charge is 2.42. The van der Waals surface area contributed by atoms with Gasteiger partial charge in [-0.15, -0.1) is 0 Å². The van der Waals surface area contributed by atoms with Crippen LogP contribution in [0.25, 0.3) is 6.08 Å². The molecule has 2 aromatic carbocycles. The number of hydrogen-bond donors (Lipinski definition) is 0. The molecule has 0 bridgehead atoms. The topological polar surface area (TPSA) is 71.1 Å². The average Bonchev–Trinajstić information content (AvgIpc) is 2.77. The molecule has 0 spiro atoms. The minimum atomic E-state index is -0.836. The van der Waals surface area contributed by atoms with Gasteiger partial charge >= 0.3 is 11.9 Å². The number of methoxy groups -OCH3 is 2. The van der Waals surface area contributed by atoms with Crippen LogP contribution in [0.3, 0.4) is 0 Å². The summed E-state index contributed by atoms with van der Waals surface area (Å²) in [6, 6.07) is 13.1. The normalized spacial score (nSPS) is 17.4. The first kappa shape index (κ1) is 21.4. The fraction of sp³-hybridized carbons (Fsp3) is 0.333. The van der Waals surface area contributed by atoms with Crippen molar-refractivity contribution in [3.63, 3.8) is 0 Å². The number of ether oxygens (including phenoxy) is 4. The third-order valence-electron chi connectivity index (χ3n) is 5.13. The summed E-state index contributed by atoms with van der Waals surface area (Å²) < 4.78 is 21.3. The summed E-state index contributed by atoms with van der Waals surface area (Å²) in [5, 5.41) is 0. The molecule has 0 heterocycles. The molecule has 6 nitrogen and oxygen atoms in total. The quantitative estimate of drug-likeness (QED) is 0.643. The summed E-state index contributed by atoms with van der Waals surface area (Å²) in [6.07, 6.45) is 1.72. The van der Waals surface area contributed by atoms with E-state index in [1.54, 1.807) is 34.1 Å². The predicted octanol–water partition coefficient (Wildman–Crippen LogP) is 3.98. The zero-order valence-electron chi connectivity index (χ0n) is 17.6. The zero-order valence-corrected chi connectivity index (χ0v) is 17.6. The van der Waals surface area contributed by atoms with Gasteiger partial charge in [0, 0.05) is 5.92 Å². The lowest BCUT2D eigenvalue weighted by molar-refractivity contribution is -0.150. The molecule has 6 heteroatoms. The van der Waals surface area contributed by atoms with E-state index in [-0.39, 0.29) is 18.8 Å². The summed E-state index contributed by atoms with van der Waals surface area (Å²) in [5.74, 6) is -0.889. The van der Waals surface area contributed by atoms with Crippen LogP contribution in [-0.4, -0.2) is 39.4 Å². The minimum absolute atomic E-state index is 0.214. The van der Waals surface area contributed by atoms with Crippen LogP contribution in [-0.2, 0) is 19.1 Å². The van der Waals surface area contributed by atoms with Gasteiger partial charge in [0.2, 0.25) is 0 Å². The van der Waals surface area contributed by atoms with E-state index in [0.717, 1.165) is 16.7 Å². The van der Waals surface area contributed by atoms with E-state index in [9.17, 15) is 9.59 Å². The number of benzene rings is 2. The summed E-state index contributed by atoms with van der Waals surface area (Å²) in [4.78, 5) is 25.8. The molecule has 0 saturated heterocycles. The molecule has 0 aliphatic heterocycles. The van der Waals surface area contributed by atoms with E-state index in [0.29, 0.717) is 11.5 Å². The lowest BCUT2D eigenvalue weighted by Gasteiger charge is -2.32. The van der Waals surface area contributed by atoms with Gasteiger partial charge in [0.25, 0.3) is 0 Å². The van der Waals surface area contributed by atoms with Crippen molar-refractivity contribution in [2.45, 2.75) is 19.8 Å². The predicted molar refractivity (Wildman–Crippen MR) is 113 cm³/mol. The summed E-state index contributed by atoms with van der Waals surface area (Å²) in [6.45, 7) is 3.91. The Morgan fingerprint density at radius 3 is 2.10 bits per heavy atom. The second-order valence-corrected chi connectivity index (χ2v) is 6.80. The standard InChI is InChI=1S/C24H26O6/c1-5-29-23(25)20-13-16-9-12-18(28-4)14-19(16)21(22(20)24(26)30-6-2)15-7-10-17(27-3)11-8-15/h7-14,21-22H,5-6H2,1-4H3/t21-,22-/m0/s1. The van der Waals surface area contributed by atoms with Crippen LogP contribution >= 0.6 is 0 Å². The molecule has 2 aromatic rings. The Balaban J connectivity index is 2.23. The van der Waals surface area contributed by atoms with Crippen molar-refractivity contribution >= 4 is 18.0 Å². The summed E-state index contributed by atoms with van der Waals surface area (Å²) >= 11 is 0. The Labute approximate surface area is 176 Å². The number of esters is 2. The van der Waals surface area contributed by atoms with Crippen LogP contribution in [0.4, 0.5) is 0 Å². The molecular formula is C24H26O6. The fourth-order valence-electron chi connectivity index (χ4n) is 3.78. The van der Waals surface area contributed by atoms with Gasteiger partial charge in [-0.3, -0.25) is 4.79 Å². The number of fused-ring (bicyclic) bond motifs is 1. The Hall–Kier alpha value is -3.28. The van der Waals surface area contributed by atoms with Crippen LogP contribution < -0.4 is 9.47 Å². The maximum Gasteiger partial charge on any atom is 0.334 e. The van der Waals surface area contributed by atoms with Crippen molar-refractivity contribution in [3.8, 4) is 11.5 Å². The van der Waals surface area contributed by atoms with Crippen LogP contribution in [0.15, 0.2) is 48.0 Å². The number of carbonyl (C=O) groups is 2. The number of carbonyl (C=O) groups excluding carboxylic acids is 2. The molecule has 30 heavy (non-hydrogen) atoms. The number of hydrogen-bond acceptors (Lipinski definition) is 6. The van der Waals surface area contributed by atoms with Gasteiger partial charge in [-0.2, -0.15) is 0 Å². The Bertz CT molecular complexity index is 945. The van der Waals surface area contributed by atoms with Gasteiger partial charge in [-0.1, -0.05) is 18.2 Å². The molecule has 0 amide bonds. The van der Waals surface area contributed by atoms with Gasteiger partial charge in [0.1, 0.15) is 11.5 Å². The first-order valence-corrected chi connectivity index (χ1v) is 9.91. The smallest absolute Gasteiger partial charge is 0.334 e. The van der Waals surface area contributed by atoms with Gasteiger partial charge in [0.15, 0.2) is 0 Å². The zero-order chi connectivity index (χ0) is 21.7. The Kier molecular flexibility index (Phi) is 6.77. The molecule has 0 radical (unpaired) electrons. The molecule has 0 fully saturated rings. The van der Waals surface area contributed by atoms with Gasteiger partial charge in [-0.25, -0.2) is 4.79 Å². The van der Waals surface area contributed by atoms with Crippen molar-refractivity contribution in [1.82, 2.24) is 0 Å². The molecule has 3 rings (SSSR count). The Morgan fingerprint density at radius 2 is 1.50 bits per heavy atom. The minimum Gasteiger partial charge on any atom is -0.497 e. The van der Waals surface area contributed by atoms with E-state index in [1.807, 2.05) is 42.5 Å². The monoisotopic (exact) mass is 410 g/mol. The highest BCUT2D eigenvalue weighted by molar-refractivity contribution is 6.02. The van der Waals surface area contributed by atoms with E-state index >= 15 is 0 Å². The molecule has 0 N–H and O–H groups in total. The van der Waals surface area contributed by atoms with Crippen LogP contribution in [0.5, 0.6) is 11.5 Å². The van der Waals surface area contributed by atoms with Crippen molar-refractivity contribution in [2.24, 2.45) is 5.92 Å². The SMILES string of the molecule is CCOC(=O)C1=Cc2ccc(OC)cc2[C@H](c2ccc(OC)cc2)[C@H]1C(=O)OCC. The van der Waals surface area contributed by atoms with E-state index in [1.165, 1.54) is 0 Å². The van der Waals surface area contributed by atoms with E-state index < -0.39 is 23.8 Å². The second-order valence-electron chi connectivity index (χ2n) is 6.80. The molecule has 0 unspecified atom stereocenters. The lowest BCUT2D eigenvalue weighted by atomic mass is 9.71. The van der Waals surface area contributed by atoms with Crippen molar-refractivity contribution in [1.29, 1.82) is 0 Å². The number of rotatable bonds is 7. The lowest BCUT2D eigenvalue weighted by Crippen LogP contribution is -2.33. The van der Waals surface area contributed by atoms with Crippen LogP contribution in [0.2, 0.25) is 0 Å². The maximum absolute atomic E-state index is 13.1. The molecule has 0 aromatic heterocycles. The molecule has 1 aliphatic carbocycles.